The number of Topliss-reactive ketones (excluding diaryl/α,β-unsaturated/α-hetero) is 1. The number of aryl methyl sites for hydroxylation is 1. The monoisotopic (exact) mass is 255 g/mol. The number of anilines is 1. The average Bonchev–Trinajstić information content (AvgIpc) is 2.96. The molecule has 0 fully saturated rings. The molecule has 1 aliphatic rings. The lowest BCUT2D eigenvalue weighted by molar-refractivity contribution is 0.0970. The van der Waals surface area contributed by atoms with Gasteiger partial charge in [-0.05, 0) is 43.5 Å². The van der Waals surface area contributed by atoms with E-state index in [2.05, 4.69) is 30.0 Å². The second-order valence-electron chi connectivity index (χ2n) is 5.04. The van der Waals surface area contributed by atoms with E-state index in [1.807, 2.05) is 6.07 Å². The molecular weight excluding hydrogens is 238 g/mol. The smallest absolute Gasteiger partial charge is 0.217 e. The molecule has 0 saturated carbocycles. The number of nitrogens with zero attached hydrogens (tertiary/aromatic N) is 1. The van der Waals surface area contributed by atoms with Crippen LogP contribution in [0.15, 0.2) is 47.1 Å². The first kappa shape index (κ1) is 12.0. The third-order valence-corrected chi connectivity index (χ3v) is 3.77. The van der Waals surface area contributed by atoms with Crippen LogP contribution in [-0.4, -0.2) is 18.4 Å². The van der Waals surface area contributed by atoms with Crippen LogP contribution in [0.1, 0.15) is 29.5 Å². The van der Waals surface area contributed by atoms with Crippen molar-refractivity contribution in [2.24, 2.45) is 0 Å². The number of fused-ring (bicyclic) bond motifs is 1. The molecule has 2 aromatic rings. The topological polar surface area (TPSA) is 33.5 Å². The zero-order valence-corrected chi connectivity index (χ0v) is 11.0. The van der Waals surface area contributed by atoms with Gasteiger partial charge in [-0.25, -0.2) is 0 Å². The van der Waals surface area contributed by atoms with Crippen LogP contribution in [0.25, 0.3) is 0 Å². The molecule has 2 heterocycles. The van der Waals surface area contributed by atoms with Crippen molar-refractivity contribution in [2.45, 2.75) is 25.8 Å². The van der Waals surface area contributed by atoms with Crippen molar-refractivity contribution in [3.8, 4) is 0 Å². The molecule has 0 spiro atoms. The summed E-state index contributed by atoms with van der Waals surface area (Å²) in [6.45, 7) is 2.55. The molecule has 1 aromatic carbocycles. The van der Waals surface area contributed by atoms with E-state index in [9.17, 15) is 4.79 Å². The molecule has 0 radical (unpaired) electrons. The van der Waals surface area contributed by atoms with Crippen LogP contribution in [0, 0.1) is 0 Å². The van der Waals surface area contributed by atoms with Gasteiger partial charge < -0.3 is 9.32 Å². The maximum absolute atomic E-state index is 12.2. The van der Waals surface area contributed by atoms with Crippen LogP contribution < -0.4 is 4.90 Å². The molecule has 19 heavy (non-hydrogen) atoms. The summed E-state index contributed by atoms with van der Waals surface area (Å²) in [5.74, 6) is 0.476. The van der Waals surface area contributed by atoms with Crippen molar-refractivity contribution in [1.82, 2.24) is 0 Å². The van der Waals surface area contributed by atoms with Gasteiger partial charge in [-0.15, -0.1) is 0 Å². The zero-order valence-electron chi connectivity index (χ0n) is 11.0. The molecular formula is C16H17NO2. The molecule has 0 bridgehead atoms. The molecule has 1 atom stereocenters. The number of carbonyl (C=O) groups excluding carboxylic acids is 1. The number of benzene rings is 1. The Kier molecular flexibility index (Phi) is 3.11. The lowest BCUT2D eigenvalue weighted by Gasteiger charge is -2.36. The van der Waals surface area contributed by atoms with Crippen molar-refractivity contribution >= 4 is 11.5 Å². The Bertz CT molecular complexity index is 574. The summed E-state index contributed by atoms with van der Waals surface area (Å²) in [7, 11) is 0. The Labute approximate surface area is 112 Å². The van der Waals surface area contributed by atoms with E-state index in [1.54, 1.807) is 18.4 Å². The van der Waals surface area contributed by atoms with Crippen LogP contribution in [0.5, 0.6) is 0 Å². The summed E-state index contributed by atoms with van der Waals surface area (Å²) in [5.41, 5.74) is 2.51. The molecule has 0 amide bonds. The SMILES string of the molecule is CC1CCc2ccccc2N1CC(=O)c1ccco1. The van der Waals surface area contributed by atoms with Crippen molar-refractivity contribution < 1.29 is 9.21 Å². The maximum atomic E-state index is 12.2. The number of hydrogen-bond donors (Lipinski definition) is 0. The number of rotatable bonds is 3. The van der Waals surface area contributed by atoms with Crippen LogP contribution in [0.2, 0.25) is 0 Å². The summed E-state index contributed by atoms with van der Waals surface area (Å²) in [6, 6.07) is 12.2. The van der Waals surface area contributed by atoms with E-state index in [0.29, 0.717) is 18.3 Å². The lowest BCUT2D eigenvalue weighted by atomic mass is 9.96. The van der Waals surface area contributed by atoms with Gasteiger partial charge in [-0.2, -0.15) is 0 Å². The first-order valence-electron chi connectivity index (χ1n) is 6.67. The summed E-state index contributed by atoms with van der Waals surface area (Å²) >= 11 is 0. The molecule has 0 saturated heterocycles. The first-order chi connectivity index (χ1) is 9.25. The van der Waals surface area contributed by atoms with E-state index < -0.39 is 0 Å². The van der Waals surface area contributed by atoms with E-state index in [4.69, 9.17) is 4.42 Å². The number of hydrogen-bond acceptors (Lipinski definition) is 3. The Hall–Kier alpha value is -2.03. The Morgan fingerprint density at radius 3 is 2.95 bits per heavy atom. The van der Waals surface area contributed by atoms with Gasteiger partial charge in [0.05, 0.1) is 12.8 Å². The predicted molar refractivity (Wildman–Crippen MR) is 74.6 cm³/mol. The van der Waals surface area contributed by atoms with Crippen LogP contribution in [0.3, 0.4) is 0 Å². The van der Waals surface area contributed by atoms with Crippen molar-refractivity contribution in [2.75, 3.05) is 11.4 Å². The molecule has 3 rings (SSSR count). The highest BCUT2D eigenvalue weighted by molar-refractivity contribution is 5.97. The highest BCUT2D eigenvalue weighted by Gasteiger charge is 2.25. The van der Waals surface area contributed by atoms with Crippen molar-refractivity contribution in [3.05, 3.63) is 54.0 Å². The summed E-state index contributed by atoms with van der Waals surface area (Å²) in [4.78, 5) is 14.4. The third kappa shape index (κ3) is 2.28. The summed E-state index contributed by atoms with van der Waals surface area (Å²) in [6.07, 6.45) is 3.71. The molecule has 0 aliphatic carbocycles. The van der Waals surface area contributed by atoms with Gasteiger partial charge in [-0.1, -0.05) is 18.2 Å². The average molecular weight is 255 g/mol. The molecule has 3 nitrogen and oxygen atoms in total. The zero-order chi connectivity index (χ0) is 13.2. The van der Waals surface area contributed by atoms with E-state index >= 15 is 0 Å². The maximum Gasteiger partial charge on any atom is 0.217 e. The van der Waals surface area contributed by atoms with Gasteiger partial charge >= 0.3 is 0 Å². The molecule has 0 N–H and O–H groups in total. The highest BCUT2D eigenvalue weighted by atomic mass is 16.3. The fourth-order valence-electron chi connectivity index (χ4n) is 2.67. The van der Waals surface area contributed by atoms with Crippen molar-refractivity contribution in [3.63, 3.8) is 0 Å². The normalized spacial score (nSPS) is 18.2. The minimum atomic E-state index is 0.0357. The number of ketones is 1. The van der Waals surface area contributed by atoms with Gasteiger partial charge in [0.1, 0.15) is 0 Å². The Morgan fingerprint density at radius 1 is 1.32 bits per heavy atom. The number of carbonyl (C=O) groups is 1. The fourth-order valence-corrected chi connectivity index (χ4v) is 2.67. The first-order valence-corrected chi connectivity index (χ1v) is 6.67. The Balaban J connectivity index is 1.86. The fraction of sp³-hybridized carbons (Fsp3) is 0.312. The van der Waals surface area contributed by atoms with Gasteiger partial charge in [0.25, 0.3) is 0 Å². The molecule has 3 heteroatoms. The molecule has 1 aliphatic heterocycles. The predicted octanol–water partition coefficient (Wildman–Crippen LogP) is 3.30. The van der Waals surface area contributed by atoms with E-state index in [1.165, 1.54) is 11.3 Å². The molecule has 98 valence electrons. The number of furan rings is 1. The van der Waals surface area contributed by atoms with Crippen LogP contribution in [-0.2, 0) is 6.42 Å². The largest absolute Gasteiger partial charge is 0.461 e. The van der Waals surface area contributed by atoms with E-state index in [-0.39, 0.29) is 5.78 Å². The molecule has 1 unspecified atom stereocenters. The lowest BCUT2D eigenvalue weighted by Crippen LogP contribution is -2.40. The highest BCUT2D eigenvalue weighted by Crippen LogP contribution is 2.30. The van der Waals surface area contributed by atoms with E-state index in [0.717, 1.165) is 12.8 Å². The second-order valence-corrected chi connectivity index (χ2v) is 5.04. The summed E-state index contributed by atoms with van der Waals surface area (Å²) in [5, 5.41) is 0. The minimum absolute atomic E-state index is 0.0357. The number of para-hydroxylation sites is 1. The third-order valence-electron chi connectivity index (χ3n) is 3.77. The van der Waals surface area contributed by atoms with Gasteiger partial charge in [0.2, 0.25) is 5.78 Å². The van der Waals surface area contributed by atoms with Crippen LogP contribution >= 0.6 is 0 Å². The Morgan fingerprint density at radius 2 is 2.16 bits per heavy atom. The van der Waals surface area contributed by atoms with Crippen LogP contribution in [0.4, 0.5) is 5.69 Å². The quantitative estimate of drug-likeness (QED) is 0.789. The van der Waals surface area contributed by atoms with Gasteiger partial charge in [-0.3, -0.25) is 4.79 Å². The molecule has 1 aromatic heterocycles. The van der Waals surface area contributed by atoms with Crippen molar-refractivity contribution in [1.29, 1.82) is 0 Å². The van der Waals surface area contributed by atoms with Gasteiger partial charge in [0, 0.05) is 11.7 Å². The minimum Gasteiger partial charge on any atom is -0.461 e. The standard InChI is InChI=1S/C16H17NO2/c1-12-8-9-13-5-2-3-6-14(13)17(12)11-15(18)16-7-4-10-19-16/h2-7,10,12H,8-9,11H2,1H3. The van der Waals surface area contributed by atoms with Gasteiger partial charge in [0.15, 0.2) is 5.76 Å². The second kappa shape index (κ2) is 4.92. The summed E-state index contributed by atoms with van der Waals surface area (Å²) < 4.78 is 5.18.